The second-order valence-electron chi connectivity index (χ2n) is 6.53. The van der Waals surface area contributed by atoms with Crippen LogP contribution in [0.3, 0.4) is 0 Å². The van der Waals surface area contributed by atoms with Gasteiger partial charge >= 0.3 is 0 Å². The predicted molar refractivity (Wildman–Crippen MR) is 99.2 cm³/mol. The van der Waals surface area contributed by atoms with E-state index in [1.165, 1.54) is 6.42 Å². The smallest absolute Gasteiger partial charge is 0.251 e. The number of nitrogens with one attached hydrogen (secondary N) is 1. The zero-order chi connectivity index (χ0) is 17.6. The maximum atomic E-state index is 12.5. The van der Waals surface area contributed by atoms with Gasteiger partial charge in [-0.1, -0.05) is 42.5 Å². The Morgan fingerprint density at radius 3 is 2.32 bits per heavy atom. The van der Waals surface area contributed by atoms with E-state index in [0.717, 1.165) is 37.1 Å². The van der Waals surface area contributed by atoms with Crippen molar-refractivity contribution < 1.29 is 9.59 Å². The largest absolute Gasteiger partial charge is 0.341 e. The van der Waals surface area contributed by atoms with Crippen molar-refractivity contribution in [2.45, 2.75) is 32.2 Å². The Hall–Kier alpha value is -2.62. The zero-order valence-electron chi connectivity index (χ0n) is 14.6. The minimum absolute atomic E-state index is 0.00673. The summed E-state index contributed by atoms with van der Waals surface area (Å²) in [6.45, 7) is 3.35. The summed E-state index contributed by atoms with van der Waals surface area (Å²) in [5.74, 6) is -0.206. The first-order valence-electron chi connectivity index (χ1n) is 8.90. The minimum atomic E-state index is -0.508. The summed E-state index contributed by atoms with van der Waals surface area (Å²) in [6, 6.07) is 16.9. The fraction of sp³-hybridized carbons (Fsp3) is 0.333. The van der Waals surface area contributed by atoms with Crippen molar-refractivity contribution in [3.8, 4) is 11.1 Å². The van der Waals surface area contributed by atoms with Gasteiger partial charge in [0.2, 0.25) is 5.91 Å². The molecule has 1 saturated heterocycles. The summed E-state index contributed by atoms with van der Waals surface area (Å²) >= 11 is 0. The lowest BCUT2D eigenvalue weighted by atomic mass is 10.0. The Balaban J connectivity index is 1.67. The number of piperidine rings is 1. The normalized spacial score (nSPS) is 15.5. The van der Waals surface area contributed by atoms with E-state index in [0.29, 0.717) is 5.56 Å². The third-order valence-corrected chi connectivity index (χ3v) is 4.62. The standard InChI is InChI=1S/C21H24N2O2/c1-16(21(25)23-13-6-3-7-14-23)22-20(24)19-12-8-11-18(15-19)17-9-4-2-5-10-17/h2,4-5,8-12,15-16H,3,6-7,13-14H2,1H3,(H,22,24)/t16-/m1/s1. The molecule has 0 unspecified atom stereocenters. The van der Waals surface area contributed by atoms with Crippen molar-refractivity contribution in [1.82, 2.24) is 10.2 Å². The van der Waals surface area contributed by atoms with Gasteiger partial charge in [-0.05, 0) is 49.4 Å². The Bertz CT molecular complexity index is 737. The molecule has 0 aromatic heterocycles. The molecule has 1 fully saturated rings. The lowest BCUT2D eigenvalue weighted by Gasteiger charge is -2.29. The third kappa shape index (κ3) is 4.27. The molecule has 0 radical (unpaired) electrons. The Morgan fingerprint density at radius 2 is 1.60 bits per heavy atom. The molecule has 1 N–H and O–H groups in total. The van der Waals surface area contributed by atoms with Gasteiger partial charge in [-0.3, -0.25) is 9.59 Å². The zero-order valence-corrected chi connectivity index (χ0v) is 14.6. The van der Waals surface area contributed by atoms with E-state index in [1.54, 1.807) is 13.0 Å². The van der Waals surface area contributed by atoms with E-state index in [-0.39, 0.29) is 11.8 Å². The molecule has 0 spiro atoms. The predicted octanol–water partition coefficient (Wildman–Crippen LogP) is 3.48. The van der Waals surface area contributed by atoms with Gasteiger partial charge in [0.25, 0.3) is 5.91 Å². The highest BCUT2D eigenvalue weighted by Gasteiger charge is 2.23. The summed E-state index contributed by atoms with van der Waals surface area (Å²) in [5, 5.41) is 2.84. The summed E-state index contributed by atoms with van der Waals surface area (Å²) in [5.41, 5.74) is 2.62. The Kier molecular flexibility index (Phi) is 5.49. The minimum Gasteiger partial charge on any atom is -0.341 e. The molecular formula is C21H24N2O2. The molecule has 1 heterocycles. The quantitative estimate of drug-likeness (QED) is 0.929. The lowest BCUT2D eigenvalue weighted by molar-refractivity contribution is -0.133. The molecule has 0 bridgehead atoms. The highest BCUT2D eigenvalue weighted by atomic mass is 16.2. The van der Waals surface area contributed by atoms with Gasteiger partial charge in [0.15, 0.2) is 0 Å². The van der Waals surface area contributed by atoms with Gasteiger partial charge in [-0.25, -0.2) is 0 Å². The number of rotatable bonds is 4. The van der Waals surface area contributed by atoms with E-state index in [9.17, 15) is 9.59 Å². The average molecular weight is 336 g/mol. The van der Waals surface area contributed by atoms with Crippen molar-refractivity contribution in [1.29, 1.82) is 0 Å². The van der Waals surface area contributed by atoms with Crippen molar-refractivity contribution in [2.75, 3.05) is 13.1 Å². The van der Waals surface area contributed by atoms with Crippen LogP contribution in [-0.2, 0) is 4.79 Å². The van der Waals surface area contributed by atoms with Crippen LogP contribution < -0.4 is 5.32 Å². The lowest BCUT2D eigenvalue weighted by Crippen LogP contribution is -2.48. The molecule has 4 heteroatoms. The van der Waals surface area contributed by atoms with Gasteiger partial charge < -0.3 is 10.2 Å². The van der Waals surface area contributed by atoms with Gasteiger partial charge in [0, 0.05) is 18.7 Å². The molecule has 4 nitrogen and oxygen atoms in total. The van der Waals surface area contributed by atoms with Gasteiger partial charge in [-0.2, -0.15) is 0 Å². The molecule has 1 atom stereocenters. The van der Waals surface area contributed by atoms with E-state index >= 15 is 0 Å². The van der Waals surface area contributed by atoms with Crippen LogP contribution in [0.5, 0.6) is 0 Å². The van der Waals surface area contributed by atoms with Crippen molar-refractivity contribution in [3.63, 3.8) is 0 Å². The molecule has 0 saturated carbocycles. The number of hydrogen-bond acceptors (Lipinski definition) is 2. The molecule has 2 aromatic rings. The number of amides is 2. The van der Waals surface area contributed by atoms with E-state index in [4.69, 9.17) is 0 Å². The third-order valence-electron chi connectivity index (χ3n) is 4.62. The fourth-order valence-corrected chi connectivity index (χ4v) is 3.20. The first kappa shape index (κ1) is 17.2. The maximum Gasteiger partial charge on any atom is 0.251 e. The van der Waals surface area contributed by atoms with E-state index < -0.39 is 6.04 Å². The SMILES string of the molecule is C[C@@H](NC(=O)c1cccc(-c2ccccc2)c1)C(=O)N1CCCCC1. The summed E-state index contributed by atoms with van der Waals surface area (Å²) in [7, 11) is 0. The highest BCUT2D eigenvalue weighted by molar-refractivity contribution is 5.98. The van der Waals surface area contributed by atoms with Crippen LogP contribution in [0.15, 0.2) is 54.6 Å². The molecule has 1 aliphatic rings. The van der Waals surface area contributed by atoms with Crippen LogP contribution in [-0.4, -0.2) is 35.8 Å². The first-order chi connectivity index (χ1) is 12.1. The van der Waals surface area contributed by atoms with Crippen LogP contribution in [0.1, 0.15) is 36.5 Å². The Morgan fingerprint density at radius 1 is 0.920 bits per heavy atom. The Labute approximate surface area is 148 Å². The monoisotopic (exact) mass is 336 g/mol. The second kappa shape index (κ2) is 7.97. The molecule has 2 aromatic carbocycles. The van der Waals surface area contributed by atoms with Gasteiger partial charge in [-0.15, -0.1) is 0 Å². The number of nitrogens with zero attached hydrogens (tertiary/aromatic N) is 1. The fourth-order valence-electron chi connectivity index (χ4n) is 3.20. The summed E-state index contributed by atoms with van der Waals surface area (Å²) in [6.07, 6.45) is 3.27. The van der Waals surface area contributed by atoms with Crippen LogP contribution in [0.25, 0.3) is 11.1 Å². The maximum absolute atomic E-state index is 12.5. The number of carbonyl (C=O) groups excluding carboxylic acids is 2. The van der Waals surface area contributed by atoms with E-state index in [1.807, 2.05) is 53.4 Å². The van der Waals surface area contributed by atoms with Gasteiger partial charge in [0.05, 0.1) is 0 Å². The molecular weight excluding hydrogens is 312 g/mol. The second-order valence-corrected chi connectivity index (χ2v) is 6.53. The number of carbonyl (C=O) groups is 2. The van der Waals surface area contributed by atoms with Crippen LogP contribution in [0.4, 0.5) is 0 Å². The molecule has 1 aliphatic heterocycles. The topological polar surface area (TPSA) is 49.4 Å². The van der Waals surface area contributed by atoms with Crippen molar-refractivity contribution in [3.05, 3.63) is 60.2 Å². The van der Waals surface area contributed by atoms with Crippen LogP contribution >= 0.6 is 0 Å². The van der Waals surface area contributed by atoms with Crippen LogP contribution in [0, 0.1) is 0 Å². The molecule has 3 rings (SSSR count). The first-order valence-corrected chi connectivity index (χ1v) is 8.90. The highest BCUT2D eigenvalue weighted by Crippen LogP contribution is 2.20. The van der Waals surface area contributed by atoms with Crippen LogP contribution in [0.2, 0.25) is 0 Å². The number of likely N-dealkylation sites (tertiary alicyclic amines) is 1. The average Bonchev–Trinajstić information content (AvgIpc) is 2.68. The van der Waals surface area contributed by atoms with E-state index in [2.05, 4.69) is 5.32 Å². The molecule has 130 valence electrons. The molecule has 25 heavy (non-hydrogen) atoms. The number of hydrogen-bond donors (Lipinski definition) is 1. The number of benzene rings is 2. The van der Waals surface area contributed by atoms with Gasteiger partial charge in [0.1, 0.15) is 6.04 Å². The summed E-state index contributed by atoms with van der Waals surface area (Å²) < 4.78 is 0. The molecule has 2 amide bonds. The van der Waals surface area contributed by atoms with Crippen molar-refractivity contribution >= 4 is 11.8 Å². The molecule has 0 aliphatic carbocycles. The summed E-state index contributed by atoms with van der Waals surface area (Å²) in [4.78, 5) is 26.9. The van der Waals surface area contributed by atoms with Crippen molar-refractivity contribution in [2.24, 2.45) is 0 Å².